The van der Waals surface area contributed by atoms with Crippen LogP contribution in [0.5, 0.6) is 23.0 Å². The van der Waals surface area contributed by atoms with E-state index in [0.717, 1.165) is 6.07 Å². The quantitative estimate of drug-likeness (QED) is 0.133. The minimum atomic E-state index is -1.89. The number of aliphatic carboxylic acids is 1. The van der Waals surface area contributed by atoms with Crippen LogP contribution in [0.3, 0.4) is 0 Å². The van der Waals surface area contributed by atoms with Crippen molar-refractivity contribution in [3.05, 3.63) is 85.7 Å². The summed E-state index contributed by atoms with van der Waals surface area (Å²) in [5.74, 6) is -4.98. The summed E-state index contributed by atoms with van der Waals surface area (Å²) in [4.78, 5) is 77.8. The van der Waals surface area contributed by atoms with Gasteiger partial charge in [0.05, 0.1) is 52.4 Å². The molecule has 6 atom stereocenters. The van der Waals surface area contributed by atoms with Crippen LogP contribution in [0.15, 0.2) is 31.3 Å². The zero-order valence-corrected chi connectivity index (χ0v) is 24.4. The number of ether oxygens (including phenoxy) is 3. The zero-order valence-electron chi connectivity index (χ0n) is 24.4. The third-order valence-electron chi connectivity index (χ3n) is 9.16. The minimum Gasteiger partial charge on any atom is -0.507 e. The van der Waals surface area contributed by atoms with Gasteiger partial charge in [-0.15, -0.1) is 0 Å². The number of carboxylic acids is 1. The molecule has 6 N–H and O–H groups in total. The molecule has 2 aromatic carbocycles. The van der Waals surface area contributed by atoms with E-state index in [2.05, 4.69) is 0 Å². The maximum absolute atomic E-state index is 13.9. The smallest absolute Gasteiger partial charge is 0.309 e. The maximum atomic E-state index is 13.9. The van der Waals surface area contributed by atoms with Crippen molar-refractivity contribution < 1.29 is 54.4 Å². The summed E-state index contributed by atoms with van der Waals surface area (Å²) in [6.07, 6.45) is -8.29. The van der Waals surface area contributed by atoms with Crippen LogP contribution < -0.4 is 21.7 Å². The lowest BCUT2D eigenvalue weighted by Gasteiger charge is -2.33. The van der Waals surface area contributed by atoms with E-state index in [0.29, 0.717) is 6.07 Å². The fourth-order valence-corrected chi connectivity index (χ4v) is 7.21. The molecule has 3 heterocycles. The fourth-order valence-electron chi connectivity index (χ4n) is 7.21. The number of rotatable bonds is 3. The molecule has 0 saturated carbocycles. The van der Waals surface area contributed by atoms with E-state index in [1.165, 1.54) is 13.8 Å². The molecule has 0 radical (unpaired) electrons. The molecule has 6 unspecified atom stereocenters. The Labute approximate surface area is 260 Å². The van der Waals surface area contributed by atoms with E-state index in [-0.39, 0.29) is 17.5 Å². The van der Waals surface area contributed by atoms with Crippen molar-refractivity contribution in [3.8, 4) is 34.1 Å². The lowest BCUT2D eigenvalue weighted by atomic mass is 9.85. The molecule has 0 aromatic heterocycles. The van der Waals surface area contributed by atoms with Crippen LogP contribution in [-0.2, 0) is 23.8 Å². The van der Waals surface area contributed by atoms with Gasteiger partial charge in [-0.1, -0.05) is 0 Å². The Kier molecular flexibility index (Phi) is 6.48. The number of hydrogen-bond acceptors (Lipinski definition) is 14. The van der Waals surface area contributed by atoms with Crippen molar-refractivity contribution >= 4 is 22.7 Å². The van der Waals surface area contributed by atoms with Crippen molar-refractivity contribution in [1.82, 2.24) is 0 Å². The molecule has 1 saturated heterocycles. The average Bonchev–Trinajstić information content (AvgIpc) is 3.36. The van der Waals surface area contributed by atoms with Crippen molar-refractivity contribution in [2.24, 2.45) is 0 Å². The van der Waals surface area contributed by atoms with E-state index in [4.69, 9.17) is 14.2 Å². The van der Waals surface area contributed by atoms with Gasteiger partial charge in [-0.25, -0.2) is 0 Å². The Bertz CT molecular complexity index is 2390. The highest BCUT2D eigenvalue weighted by molar-refractivity contribution is 6.07. The molecule has 0 spiro atoms. The first kappa shape index (κ1) is 30.3. The SMILES string of the molecule is CC1OC2CC(=O)OC2c2c1c(O)c1c(O)c(-c3cc(=O)c4c(=O)c5c(c(=O)c=4c3=O)C(C)OC(CC(=O)O)C5O)cc(O)c1c2O. The van der Waals surface area contributed by atoms with Crippen molar-refractivity contribution in [2.75, 3.05) is 0 Å². The van der Waals surface area contributed by atoms with E-state index in [1.54, 1.807) is 0 Å². The van der Waals surface area contributed by atoms with Gasteiger partial charge in [0, 0.05) is 33.4 Å². The third-order valence-corrected chi connectivity index (χ3v) is 9.16. The van der Waals surface area contributed by atoms with Gasteiger partial charge in [-0.05, 0) is 26.0 Å². The van der Waals surface area contributed by atoms with Gasteiger partial charge >= 0.3 is 11.9 Å². The first-order valence-corrected chi connectivity index (χ1v) is 14.4. The number of carboxylic acid groups (broad SMARTS) is 1. The summed E-state index contributed by atoms with van der Waals surface area (Å²) in [5.41, 5.74) is -6.97. The number of aliphatic hydroxyl groups is 1. The van der Waals surface area contributed by atoms with Crippen molar-refractivity contribution in [2.45, 2.75) is 63.3 Å². The molecular formula is C32H24O15. The zero-order chi connectivity index (χ0) is 34.0. The largest absolute Gasteiger partial charge is 0.507 e. The number of carbonyl (C=O) groups is 2. The molecule has 7 rings (SSSR count). The molecule has 5 aliphatic rings. The topological polar surface area (TPSA) is 251 Å². The molecule has 1 fully saturated rings. The van der Waals surface area contributed by atoms with Crippen molar-refractivity contribution in [3.63, 3.8) is 0 Å². The number of carbonyl (C=O) groups excluding carboxylic acids is 1. The van der Waals surface area contributed by atoms with Gasteiger partial charge in [0.15, 0.2) is 27.8 Å². The number of phenols is 4. The van der Waals surface area contributed by atoms with Crippen LogP contribution in [0, 0.1) is 10.4 Å². The highest BCUT2D eigenvalue weighted by Gasteiger charge is 2.47. The highest BCUT2D eigenvalue weighted by Crippen LogP contribution is 2.57. The van der Waals surface area contributed by atoms with Gasteiger partial charge in [0.25, 0.3) is 0 Å². The molecule has 3 aliphatic heterocycles. The summed E-state index contributed by atoms with van der Waals surface area (Å²) < 4.78 is 16.6. The summed E-state index contributed by atoms with van der Waals surface area (Å²) in [6.45, 7) is 2.82. The number of esters is 1. The standard InChI is InChI=1S/C32H24O15/c1-7-17-21(27(40)13(45-7)5-15(35)36)30(43)19-11(33)3-9(25(38)22(19)28(17)41)10-4-12(34)20-23(26(10)39)29(42)18-8(2)46-14-6-16(37)47-32(14)24(18)31(20)44/h3-4,7-8,13-14,27,32,34,39-40,42,44H,5-6H2,1-2H3,(H,35,36). The first-order valence-electron chi connectivity index (χ1n) is 14.4. The number of phenolic OH excluding ortho intramolecular Hbond substituents is 4. The number of fused-ring (bicyclic) bond motifs is 5. The molecule has 242 valence electrons. The maximum Gasteiger partial charge on any atom is 0.309 e. The molecule has 15 nitrogen and oxygen atoms in total. The number of aromatic hydroxyl groups is 4. The third kappa shape index (κ3) is 4.03. The Morgan fingerprint density at radius 1 is 0.766 bits per heavy atom. The Balaban J connectivity index is 1.51. The molecule has 15 heteroatoms. The summed E-state index contributed by atoms with van der Waals surface area (Å²) >= 11 is 0. The van der Waals surface area contributed by atoms with Crippen LogP contribution in [-0.4, -0.2) is 54.8 Å². The second-order valence-electron chi connectivity index (χ2n) is 11.8. The number of benzene rings is 2. The van der Waals surface area contributed by atoms with Crippen LogP contribution in [0.4, 0.5) is 0 Å². The predicted octanol–water partition coefficient (Wildman–Crippen LogP) is 0.786. The van der Waals surface area contributed by atoms with Gasteiger partial charge in [-0.2, -0.15) is 0 Å². The van der Waals surface area contributed by atoms with Crippen LogP contribution in [0.25, 0.3) is 21.9 Å². The molecule has 0 amide bonds. The highest BCUT2D eigenvalue weighted by atomic mass is 16.6. The lowest BCUT2D eigenvalue weighted by Crippen LogP contribution is -2.42. The second kappa shape index (κ2) is 10.1. The van der Waals surface area contributed by atoms with E-state index >= 15 is 0 Å². The Hall–Kier alpha value is -5.38. The number of aliphatic hydroxyl groups excluding tert-OH is 1. The summed E-state index contributed by atoms with van der Waals surface area (Å²) in [5, 5.41) is 62.4. The van der Waals surface area contributed by atoms with Crippen LogP contribution in [0.1, 0.15) is 73.4 Å². The predicted molar refractivity (Wildman–Crippen MR) is 156 cm³/mol. The molecule has 47 heavy (non-hydrogen) atoms. The van der Waals surface area contributed by atoms with Gasteiger partial charge in [0.1, 0.15) is 35.2 Å². The fraction of sp³-hybridized carbons (Fsp3) is 0.312. The first-order chi connectivity index (χ1) is 22.1. The average molecular weight is 649 g/mol. The van der Waals surface area contributed by atoms with Crippen LogP contribution >= 0.6 is 0 Å². The van der Waals surface area contributed by atoms with Crippen LogP contribution in [0.2, 0.25) is 0 Å². The summed E-state index contributed by atoms with van der Waals surface area (Å²) in [7, 11) is 0. The molecule has 2 aromatic rings. The van der Waals surface area contributed by atoms with E-state index in [9.17, 15) is 59.4 Å². The van der Waals surface area contributed by atoms with E-state index in [1.807, 2.05) is 0 Å². The van der Waals surface area contributed by atoms with E-state index < -0.39 is 143 Å². The molecule has 0 bridgehead atoms. The van der Waals surface area contributed by atoms with Gasteiger partial charge in [-0.3, -0.25) is 28.8 Å². The van der Waals surface area contributed by atoms with Gasteiger partial charge < -0.3 is 44.8 Å². The normalized spacial score (nSPS) is 25.0. The summed E-state index contributed by atoms with van der Waals surface area (Å²) in [6, 6.07) is 1.46. The molecule has 2 aliphatic carbocycles. The Morgan fingerprint density at radius 3 is 2.09 bits per heavy atom. The lowest BCUT2D eigenvalue weighted by molar-refractivity contribution is -0.148. The monoisotopic (exact) mass is 648 g/mol. The van der Waals surface area contributed by atoms with Crippen molar-refractivity contribution in [1.29, 1.82) is 0 Å². The number of hydrogen-bond donors (Lipinski definition) is 6. The molecular weight excluding hydrogens is 624 g/mol. The second-order valence-corrected chi connectivity index (χ2v) is 11.8. The Morgan fingerprint density at radius 2 is 1.40 bits per heavy atom. The minimum absolute atomic E-state index is 0.0445. The van der Waals surface area contributed by atoms with Gasteiger partial charge in [0.2, 0.25) is 0 Å².